The van der Waals surface area contributed by atoms with Gasteiger partial charge in [0.05, 0.1) is 0 Å². The van der Waals surface area contributed by atoms with E-state index in [9.17, 15) is 0 Å². The lowest BCUT2D eigenvalue weighted by atomic mass is 10.2. The summed E-state index contributed by atoms with van der Waals surface area (Å²) in [6, 6.07) is 14.3. The van der Waals surface area contributed by atoms with E-state index in [0.29, 0.717) is 6.54 Å². The molecule has 0 aliphatic rings. The number of rotatable bonds is 3. The van der Waals surface area contributed by atoms with Gasteiger partial charge in [0, 0.05) is 21.4 Å². The van der Waals surface area contributed by atoms with E-state index in [1.54, 1.807) is 11.8 Å². The maximum atomic E-state index is 5.96. The molecular weight excluding hydrogens is 250 g/mol. The summed E-state index contributed by atoms with van der Waals surface area (Å²) in [5.41, 5.74) is 8.08. The minimum Gasteiger partial charge on any atom is -0.326 e. The van der Waals surface area contributed by atoms with Gasteiger partial charge in [-0.2, -0.15) is 0 Å². The zero-order valence-electron chi connectivity index (χ0n) is 9.61. The van der Waals surface area contributed by atoms with Crippen LogP contribution in [0, 0.1) is 6.92 Å². The molecule has 0 atom stereocenters. The molecule has 3 heteroatoms. The quantitative estimate of drug-likeness (QED) is 0.896. The molecule has 0 heterocycles. The highest BCUT2D eigenvalue weighted by Crippen LogP contribution is 2.32. The summed E-state index contributed by atoms with van der Waals surface area (Å²) < 4.78 is 0. The molecule has 1 nitrogen and oxygen atoms in total. The lowest BCUT2D eigenvalue weighted by Crippen LogP contribution is -1.98. The molecule has 0 bridgehead atoms. The average molecular weight is 264 g/mol. The molecule has 0 fully saturated rings. The molecule has 0 amide bonds. The van der Waals surface area contributed by atoms with Crippen molar-refractivity contribution in [1.82, 2.24) is 0 Å². The Morgan fingerprint density at radius 3 is 2.71 bits per heavy atom. The van der Waals surface area contributed by atoms with Crippen LogP contribution in [-0.4, -0.2) is 0 Å². The molecule has 2 rings (SSSR count). The Morgan fingerprint density at radius 1 is 1.18 bits per heavy atom. The first kappa shape index (κ1) is 12.5. The minimum atomic E-state index is 0.509. The van der Waals surface area contributed by atoms with Gasteiger partial charge < -0.3 is 5.73 Å². The summed E-state index contributed by atoms with van der Waals surface area (Å²) in [6.07, 6.45) is 0. The van der Waals surface area contributed by atoms with Gasteiger partial charge >= 0.3 is 0 Å². The topological polar surface area (TPSA) is 26.0 Å². The van der Waals surface area contributed by atoms with Gasteiger partial charge in [0.1, 0.15) is 0 Å². The van der Waals surface area contributed by atoms with Crippen LogP contribution >= 0.6 is 23.4 Å². The van der Waals surface area contributed by atoms with Crippen molar-refractivity contribution in [3.05, 3.63) is 58.6 Å². The number of hydrogen-bond donors (Lipinski definition) is 1. The number of halogens is 1. The van der Waals surface area contributed by atoms with Crippen LogP contribution in [0.2, 0.25) is 5.02 Å². The van der Waals surface area contributed by atoms with Crippen molar-refractivity contribution < 1.29 is 0 Å². The monoisotopic (exact) mass is 263 g/mol. The molecule has 88 valence electrons. The highest BCUT2D eigenvalue weighted by Gasteiger charge is 2.04. The first-order chi connectivity index (χ1) is 8.19. The van der Waals surface area contributed by atoms with Crippen molar-refractivity contribution in [1.29, 1.82) is 0 Å². The van der Waals surface area contributed by atoms with Crippen LogP contribution in [0.5, 0.6) is 0 Å². The third-order valence-corrected chi connectivity index (χ3v) is 3.80. The van der Waals surface area contributed by atoms with Gasteiger partial charge in [-0.1, -0.05) is 41.1 Å². The molecule has 0 saturated carbocycles. The second-order valence-electron chi connectivity index (χ2n) is 3.87. The first-order valence-electron chi connectivity index (χ1n) is 5.42. The van der Waals surface area contributed by atoms with E-state index < -0.39 is 0 Å². The van der Waals surface area contributed by atoms with Crippen molar-refractivity contribution in [3.8, 4) is 0 Å². The third kappa shape index (κ3) is 3.25. The van der Waals surface area contributed by atoms with Gasteiger partial charge in [0.15, 0.2) is 0 Å². The van der Waals surface area contributed by atoms with E-state index in [1.165, 1.54) is 15.4 Å². The summed E-state index contributed by atoms with van der Waals surface area (Å²) in [5.74, 6) is 0. The molecule has 2 aromatic carbocycles. The second-order valence-corrected chi connectivity index (χ2v) is 5.43. The minimum absolute atomic E-state index is 0.509. The highest BCUT2D eigenvalue weighted by molar-refractivity contribution is 7.99. The lowest BCUT2D eigenvalue weighted by Gasteiger charge is -2.08. The van der Waals surface area contributed by atoms with E-state index in [-0.39, 0.29) is 0 Å². The maximum Gasteiger partial charge on any atom is 0.0410 e. The Labute approximate surface area is 111 Å². The van der Waals surface area contributed by atoms with E-state index >= 15 is 0 Å². The number of aryl methyl sites for hydroxylation is 1. The van der Waals surface area contributed by atoms with Crippen molar-refractivity contribution in [3.63, 3.8) is 0 Å². The van der Waals surface area contributed by atoms with Crippen LogP contribution in [0.3, 0.4) is 0 Å². The Bertz CT molecular complexity index is 525. The Balaban J connectivity index is 2.29. The fraction of sp³-hybridized carbons (Fsp3) is 0.143. The Kier molecular flexibility index (Phi) is 4.11. The van der Waals surface area contributed by atoms with Crippen LogP contribution in [0.4, 0.5) is 0 Å². The van der Waals surface area contributed by atoms with Crippen LogP contribution in [-0.2, 0) is 6.54 Å². The smallest absolute Gasteiger partial charge is 0.0410 e. The molecule has 0 aliphatic carbocycles. The molecule has 0 spiro atoms. The zero-order valence-corrected chi connectivity index (χ0v) is 11.2. The molecular formula is C14H14ClNS. The largest absolute Gasteiger partial charge is 0.326 e. The molecule has 17 heavy (non-hydrogen) atoms. The summed E-state index contributed by atoms with van der Waals surface area (Å²) in [5, 5.41) is 0.735. The molecule has 2 N–H and O–H groups in total. The first-order valence-corrected chi connectivity index (χ1v) is 6.61. The van der Waals surface area contributed by atoms with Crippen molar-refractivity contribution in [2.75, 3.05) is 0 Å². The van der Waals surface area contributed by atoms with E-state index in [2.05, 4.69) is 31.2 Å². The van der Waals surface area contributed by atoms with E-state index in [1.807, 2.05) is 18.2 Å². The third-order valence-electron chi connectivity index (χ3n) is 2.46. The summed E-state index contributed by atoms with van der Waals surface area (Å²) in [7, 11) is 0. The Hall–Kier alpha value is -0.960. The standard InChI is InChI=1S/C14H14ClNS/c1-10-3-2-4-13(7-10)17-14-6-5-12(15)8-11(14)9-16/h2-8H,9,16H2,1H3. The predicted molar refractivity (Wildman–Crippen MR) is 74.6 cm³/mol. The van der Waals surface area contributed by atoms with Crippen molar-refractivity contribution in [2.24, 2.45) is 5.73 Å². The maximum absolute atomic E-state index is 5.96. The predicted octanol–water partition coefficient (Wildman–Crippen LogP) is 4.26. The highest BCUT2D eigenvalue weighted by atomic mass is 35.5. The molecule has 0 aliphatic heterocycles. The van der Waals surface area contributed by atoms with E-state index in [0.717, 1.165) is 10.6 Å². The van der Waals surface area contributed by atoms with Crippen molar-refractivity contribution in [2.45, 2.75) is 23.3 Å². The molecule has 0 radical (unpaired) electrons. The number of hydrogen-bond acceptors (Lipinski definition) is 2. The van der Waals surface area contributed by atoms with Gasteiger partial charge in [-0.3, -0.25) is 0 Å². The molecule has 0 aromatic heterocycles. The average Bonchev–Trinajstić information content (AvgIpc) is 2.31. The molecule has 2 aromatic rings. The van der Waals surface area contributed by atoms with Gasteiger partial charge in [0.2, 0.25) is 0 Å². The Morgan fingerprint density at radius 2 is 2.00 bits per heavy atom. The number of benzene rings is 2. The van der Waals surface area contributed by atoms with Gasteiger partial charge in [-0.25, -0.2) is 0 Å². The van der Waals surface area contributed by atoms with Crippen molar-refractivity contribution >= 4 is 23.4 Å². The SMILES string of the molecule is Cc1cccc(Sc2ccc(Cl)cc2CN)c1. The fourth-order valence-electron chi connectivity index (χ4n) is 1.61. The summed E-state index contributed by atoms with van der Waals surface area (Å²) in [4.78, 5) is 2.39. The fourth-order valence-corrected chi connectivity index (χ4v) is 2.86. The van der Waals surface area contributed by atoms with Crippen LogP contribution in [0.15, 0.2) is 52.3 Å². The molecule has 0 saturated heterocycles. The van der Waals surface area contributed by atoms with E-state index in [4.69, 9.17) is 17.3 Å². The summed E-state index contributed by atoms with van der Waals surface area (Å²) >= 11 is 7.68. The number of nitrogens with two attached hydrogens (primary N) is 1. The summed E-state index contributed by atoms with van der Waals surface area (Å²) in [6.45, 7) is 2.60. The molecule has 0 unspecified atom stereocenters. The van der Waals surface area contributed by atoms with Crippen LogP contribution in [0.25, 0.3) is 0 Å². The van der Waals surface area contributed by atoms with Crippen LogP contribution in [0.1, 0.15) is 11.1 Å². The zero-order chi connectivity index (χ0) is 12.3. The lowest BCUT2D eigenvalue weighted by molar-refractivity contribution is 1.03. The van der Waals surface area contributed by atoms with Crippen LogP contribution < -0.4 is 5.73 Å². The van der Waals surface area contributed by atoms with Gasteiger partial charge in [-0.05, 0) is 42.8 Å². The van der Waals surface area contributed by atoms with Gasteiger partial charge in [-0.15, -0.1) is 0 Å². The normalized spacial score (nSPS) is 10.5. The van der Waals surface area contributed by atoms with Gasteiger partial charge in [0.25, 0.3) is 0 Å². The second kappa shape index (κ2) is 5.58.